The minimum Gasteiger partial charge on any atom is -0.312 e. The van der Waals surface area contributed by atoms with E-state index < -0.39 is 0 Å². The van der Waals surface area contributed by atoms with E-state index in [0.29, 0.717) is 0 Å². The summed E-state index contributed by atoms with van der Waals surface area (Å²) >= 11 is 7.93. The van der Waals surface area contributed by atoms with Crippen molar-refractivity contribution in [3.8, 4) is 11.3 Å². The second-order valence-corrected chi connectivity index (χ2v) is 9.69. The van der Waals surface area contributed by atoms with Gasteiger partial charge in [0.2, 0.25) is 0 Å². The Balaban J connectivity index is 1.35. The van der Waals surface area contributed by atoms with Crippen molar-refractivity contribution in [2.45, 2.75) is 44.7 Å². The number of rotatable bonds is 5. The Kier molecular flexibility index (Phi) is 5.87. The van der Waals surface area contributed by atoms with Gasteiger partial charge in [-0.15, -0.1) is 0 Å². The van der Waals surface area contributed by atoms with Crippen LogP contribution in [0.1, 0.15) is 37.7 Å². The first-order valence-corrected chi connectivity index (χ1v) is 12.2. The van der Waals surface area contributed by atoms with E-state index in [1.165, 1.54) is 56.3 Å². The Bertz CT molecular complexity index is 970. The molecule has 0 radical (unpaired) electrons. The van der Waals surface area contributed by atoms with E-state index in [0.717, 1.165) is 46.7 Å². The van der Waals surface area contributed by atoms with Crippen LogP contribution >= 0.6 is 22.9 Å². The molecule has 29 heavy (non-hydrogen) atoms. The van der Waals surface area contributed by atoms with Gasteiger partial charge in [-0.2, -0.15) is 11.3 Å². The largest absolute Gasteiger partial charge is 0.312 e. The summed E-state index contributed by atoms with van der Waals surface area (Å²) in [5, 5.41) is 9.99. The molecule has 1 N–H and O–H groups in total. The average Bonchev–Trinajstić information content (AvgIpc) is 3.28. The molecule has 152 valence electrons. The van der Waals surface area contributed by atoms with Crippen molar-refractivity contribution in [3.05, 3.63) is 51.7 Å². The fourth-order valence-electron chi connectivity index (χ4n) is 5.18. The maximum absolute atomic E-state index is 6.21. The highest BCUT2D eigenvalue weighted by atomic mass is 35.5. The van der Waals surface area contributed by atoms with Gasteiger partial charge in [0.1, 0.15) is 0 Å². The Labute approximate surface area is 182 Å². The summed E-state index contributed by atoms with van der Waals surface area (Å²) < 4.78 is 0. The molecule has 2 aliphatic rings. The highest BCUT2D eigenvalue weighted by Crippen LogP contribution is 2.31. The zero-order valence-electron chi connectivity index (χ0n) is 16.7. The number of thiophene rings is 1. The molecule has 2 saturated heterocycles. The van der Waals surface area contributed by atoms with Gasteiger partial charge in [-0.05, 0) is 86.4 Å². The molecule has 0 amide bonds. The van der Waals surface area contributed by atoms with E-state index in [1.54, 1.807) is 11.3 Å². The zero-order chi connectivity index (χ0) is 19.6. The molecule has 4 heterocycles. The lowest BCUT2D eigenvalue weighted by atomic mass is 9.83. The van der Waals surface area contributed by atoms with Gasteiger partial charge >= 0.3 is 0 Å². The molecule has 2 aliphatic heterocycles. The number of aromatic nitrogens is 1. The van der Waals surface area contributed by atoms with Gasteiger partial charge in [-0.1, -0.05) is 24.1 Å². The smallest absolute Gasteiger partial charge is 0.0763 e. The summed E-state index contributed by atoms with van der Waals surface area (Å²) in [5.74, 6) is 0.779. The van der Waals surface area contributed by atoms with E-state index in [1.807, 2.05) is 12.1 Å². The molecule has 2 fully saturated rings. The van der Waals surface area contributed by atoms with Crippen molar-refractivity contribution in [1.82, 2.24) is 15.2 Å². The molecule has 0 bridgehead atoms. The first-order chi connectivity index (χ1) is 14.3. The summed E-state index contributed by atoms with van der Waals surface area (Å²) in [6, 6.07) is 11.2. The lowest BCUT2D eigenvalue weighted by Gasteiger charge is -2.44. The molecule has 3 nitrogen and oxygen atoms in total. The fraction of sp³-hybridized carbons (Fsp3) is 0.458. The lowest BCUT2D eigenvalue weighted by Crippen LogP contribution is -2.50. The molecule has 5 rings (SSSR count). The van der Waals surface area contributed by atoms with E-state index in [4.69, 9.17) is 16.6 Å². The summed E-state index contributed by atoms with van der Waals surface area (Å²) in [7, 11) is 0. The number of nitrogens with one attached hydrogen (secondary N) is 1. The van der Waals surface area contributed by atoms with Crippen molar-refractivity contribution in [3.63, 3.8) is 0 Å². The van der Waals surface area contributed by atoms with Crippen LogP contribution in [-0.4, -0.2) is 35.6 Å². The van der Waals surface area contributed by atoms with Gasteiger partial charge in [0.25, 0.3) is 0 Å². The minimum absolute atomic E-state index is 0.737. The van der Waals surface area contributed by atoms with Crippen molar-refractivity contribution < 1.29 is 0 Å². The summed E-state index contributed by atoms with van der Waals surface area (Å²) in [4.78, 5) is 7.73. The molecular weight excluding hydrogens is 398 g/mol. The van der Waals surface area contributed by atoms with Crippen LogP contribution in [-0.2, 0) is 6.54 Å². The minimum atomic E-state index is 0.737. The molecule has 5 heteroatoms. The fourth-order valence-corrected chi connectivity index (χ4v) is 5.98. The van der Waals surface area contributed by atoms with Crippen molar-refractivity contribution in [2.24, 2.45) is 5.92 Å². The third-order valence-electron chi connectivity index (χ3n) is 6.60. The van der Waals surface area contributed by atoms with Crippen LogP contribution in [0.3, 0.4) is 0 Å². The number of piperidine rings is 2. The second kappa shape index (κ2) is 8.73. The second-order valence-electron chi connectivity index (χ2n) is 8.48. The third-order valence-corrected chi connectivity index (χ3v) is 7.52. The number of hydrogen-bond donors (Lipinski definition) is 1. The van der Waals surface area contributed by atoms with Crippen LogP contribution in [0.2, 0.25) is 5.02 Å². The van der Waals surface area contributed by atoms with Crippen LogP contribution in [0.15, 0.2) is 41.1 Å². The van der Waals surface area contributed by atoms with Crippen molar-refractivity contribution >= 4 is 33.8 Å². The molecule has 2 aromatic heterocycles. The predicted octanol–water partition coefficient (Wildman–Crippen LogP) is 5.97. The van der Waals surface area contributed by atoms with Crippen LogP contribution < -0.4 is 5.32 Å². The predicted molar refractivity (Wildman–Crippen MR) is 124 cm³/mol. The van der Waals surface area contributed by atoms with Gasteiger partial charge in [0.05, 0.1) is 11.2 Å². The molecule has 0 unspecified atom stereocenters. The Hall–Kier alpha value is -1.46. The van der Waals surface area contributed by atoms with Gasteiger partial charge in [-0.3, -0.25) is 0 Å². The number of pyridine rings is 1. The summed E-state index contributed by atoms with van der Waals surface area (Å²) in [5.41, 5.74) is 4.52. The van der Waals surface area contributed by atoms with Gasteiger partial charge in [0.15, 0.2) is 0 Å². The van der Waals surface area contributed by atoms with Crippen LogP contribution in [0.25, 0.3) is 22.2 Å². The number of halogens is 1. The number of benzene rings is 1. The van der Waals surface area contributed by atoms with Gasteiger partial charge in [-0.25, -0.2) is 4.98 Å². The summed E-state index contributed by atoms with van der Waals surface area (Å²) in [6.07, 6.45) is 6.87. The summed E-state index contributed by atoms with van der Waals surface area (Å²) in [6.45, 7) is 4.57. The van der Waals surface area contributed by atoms with E-state index in [9.17, 15) is 0 Å². The highest BCUT2D eigenvalue weighted by Gasteiger charge is 2.32. The van der Waals surface area contributed by atoms with Gasteiger partial charge in [0, 0.05) is 33.9 Å². The van der Waals surface area contributed by atoms with E-state index in [-0.39, 0.29) is 0 Å². The Morgan fingerprint density at radius 1 is 1.10 bits per heavy atom. The average molecular weight is 426 g/mol. The molecule has 3 aromatic rings. The zero-order valence-corrected chi connectivity index (χ0v) is 18.3. The van der Waals surface area contributed by atoms with Crippen molar-refractivity contribution in [1.29, 1.82) is 0 Å². The molecule has 1 aromatic carbocycles. The molecular formula is C24H28ClN3S. The number of hydrogen-bond acceptors (Lipinski definition) is 4. The Morgan fingerprint density at radius 3 is 2.93 bits per heavy atom. The van der Waals surface area contributed by atoms with Crippen LogP contribution in [0.4, 0.5) is 0 Å². The lowest BCUT2D eigenvalue weighted by molar-refractivity contribution is 0.0593. The third kappa shape index (κ3) is 4.22. The molecule has 2 atom stereocenters. The number of fused-ring (bicyclic) bond motifs is 2. The highest BCUT2D eigenvalue weighted by molar-refractivity contribution is 7.08. The maximum atomic E-state index is 6.21. The Morgan fingerprint density at radius 2 is 2.03 bits per heavy atom. The molecule has 0 aliphatic carbocycles. The van der Waals surface area contributed by atoms with E-state index in [2.05, 4.69) is 39.2 Å². The monoisotopic (exact) mass is 425 g/mol. The van der Waals surface area contributed by atoms with Crippen molar-refractivity contribution in [2.75, 3.05) is 19.6 Å². The topological polar surface area (TPSA) is 28.2 Å². The van der Waals surface area contributed by atoms with Crippen LogP contribution in [0, 0.1) is 5.92 Å². The standard InChI is InChI=1S/C24H28ClN3S/c25-21-7-6-17-12-20(24(27-22(17)13-21)19-8-11-29-16-19)15-26-14-18-4-3-10-28-9-2-1-5-23(18)28/h6-8,11-13,16,18,23,26H,1-5,9-10,14-15H2/t18-,23+/m0/s1. The van der Waals surface area contributed by atoms with Gasteiger partial charge < -0.3 is 10.2 Å². The van der Waals surface area contributed by atoms with Crippen LogP contribution in [0.5, 0.6) is 0 Å². The number of nitrogens with zero attached hydrogens (tertiary/aromatic N) is 2. The van der Waals surface area contributed by atoms with E-state index >= 15 is 0 Å². The SMILES string of the molecule is Clc1ccc2cc(CNC[C@@H]3CCCN4CCCC[C@H]34)c(-c3ccsc3)nc2c1. The quantitative estimate of drug-likeness (QED) is 0.545. The first kappa shape index (κ1) is 19.5. The molecule has 0 saturated carbocycles. The normalized spacial score (nSPS) is 22.7. The molecule has 0 spiro atoms. The first-order valence-electron chi connectivity index (χ1n) is 10.8. The maximum Gasteiger partial charge on any atom is 0.0763 e.